The van der Waals surface area contributed by atoms with E-state index in [1.54, 1.807) is 12.1 Å². The average molecular weight is 466 g/mol. The van der Waals surface area contributed by atoms with Gasteiger partial charge in [-0.15, -0.1) is 0 Å². The van der Waals surface area contributed by atoms with Crippen molar-refractivity contribution in [3.63, 3.8) is 0 Å². The highest BCUT2D eigenvalue weighted by Crippen LogP contribution is 2.11. The molecule has 0 aromatic heterocycles. The van der Waals surface area contributed by atoms with Crippen molar-refractivity contribution < 1.29 is 29.4 Å². The Balaban J connectivity index is 2.85. The number of nitrogens with one attached hydrogen (secondary N) is 2. The van der Waals surface area contributed by atoms with Gasteiger partial charge in [0, 0.05) is 13.0 Å². The van der Waals surface area contributed by atoms with Gasteiger partial charge in [-0.3, -0.25) is 19.4 Å². The van der Waals surface area contributed by atoms with Crippen LogP contribution in [-0.4, -0.2) is 64.5 Å². The standard InChI is InChI=1S/C20H31N7O6/c21-13(10-11-3-5-12(28)6-4-11)17(30)26-14(2-1-9-25-20(23)24)18(31)27-15(19(32)33)7-8-16(22)29/h3-6,13-15,28H,1-2,7-10,21H2,(H2,22,29)(H,26,30)(H,27,31)(H,32,33)(H4,23,24,25). The summed E-state index contributed by atoms with van der Waals surface area (Å²) in [4.78, 5) is 51.5. The smallest absolute Gasteiger partial charge is 0.326 e. The molecule has 13 nitrogen and oxygen atoms in total. The number of primary amides is 1. The van der Waals surface area contributed by atoms with Crippen LogP contribution in [0.2, 0.25) is 0 Å². The van der Waals surface area contributed by atoms with Gasteiger partial charge in [-0.1, -0.05) is 12.1 Å². The summed E-state index contributed by atoms with van der Waals surface area (Å²) in [6, 6.07) is 2.64. The van der Waals surface area contributed by atoms with Crippen molar-refractivity contribution in [2.75, 3.05) is 6.54 Å². The van der Waals surface area contributed by atoms with Crippen LogP contribution in [0.3, 0.4) is 0 Å². The summed E-state index contributed by atoms with van der Waals surface area (Å²) in [5.74, 6) is -3.51. The highest BCUT2D eigenvalue weighted by molar-refractivity contribution is 5.92. The molecule has 0 saturated carbocycles. The van der Waals surface area contributed by atoms with Crippen molar-refractivity contribution in [3.8, 4) is 5.75 Å². The monoisotopic (exact) mass is 465 g/mol. The lowest BCUT2D eigenvalue weighted by Crippen LogP contribution is -2.54. The largest absolute Gasteiger partial charge is 0.508 e. The fourth-order valence-electron chi connectivity index (χ4n) is 2.85. The maximum absolute atomic E-state index is 12.7. The third kappa shape index (κ3) is 10.8. The number of carbonyl (C=O) groups excluding carboxylic acids is 3. The molecule has 0 spiro atoms. The van der Waals surface area contributed by atoms with E-state index in [2.05, 4.69) is 15.6 Å². The molecule has 0 radical (unpaired) electrons. The molecule has 0 heterocycles. The number of phenols is 1. The minimum Gasteiger partial charge on any atom is -0.508 e. The Kier molecular flexibility index (Phi) is 11.1. The third-order valence-corrected chi connectivity index (χ3v) is 4.60. The van der Waals surface area contributed by atoms with Crippen LogP contribution in [0.5, 0.6) is 5.75 Å². The Labute approximate surface area is 190 Å². The van der Waals surface area contributed by atoms with Crippen LogP contribution in [0.4, 0.5) is 0 Å². The Bertz CT molecular complexity index is 855. The van der Waals surface area contributed by atoms with E-state index < -0.39 is 41.8 Å². The molecule has 0 aliphatic heterocycles. The van der Waals surface area contributed by atoms with Gasteiger partial charge in [0.1, 0.15) is 17.8 Å². The zero-order valence-electron chi connectivity index (χ0n) is 18.1. The van der Waals surface area contributed by atoms with Gasteiger partial charge in [0.05, 0.1) is 6.04 Å². The van der Waals surface area contributed by atoms with Crippen molar-refractivity contribution in [2.45, 2.75) is 50.2 Å². The molecule has 0 aliphatic rings. The molecule has 0 aliphatic carbocycles. The summed E-state index contributed by atoms with van der Waals surface area (Å²) in [7, 11) is 0. The second-order valence-electron chi connectivity index (χ2n) is 7.39. The van der Waals surface area contributed by atoms with Crippen molar-refractivity contribution >= 4 is 29.7 Å². The molecule has 12 N–H and O–H groups in total. The zero-order chi connectivity index (χ0) is 25.0. The number of aliphatic imine (C=N–C) groups is 1. The van der Waals surface area contributed by atoms with Crippen LogP contribution in [-0.2, 0) is 25.6 Å². The molecule has 0 saturated heterocycles. The van der Waals surface area contributed by atoms with Crippen molar-refractivity contribution in [2.24, 2.45) is 27.9 Å². The molecule has 3 unspecified atom stereocenters. The first-order valence-electron chi connectivity index (χ1n) is 10.2. The Morgan fingerprint density at radius 1 is 0.939 bits per heavy atom. The fourth-order valence-corrected chi connectivity index (χ4v) is 2.85. The molecule has 0 bridgehead atoms. The fraction of sp³-hybridized carbons (Fsp3) is 0.450. The molecular weight excluding hydrogens is 434 g/mol. The predicted octanol–water partition coefficient (Wildman–Crippen LogP) is -2.36. The Morgan fingerprint density at radius 3 is 2.09 bits per heavy atom. The number of carboxylic acids is 1. The number of carboxylic acid groups (broad SMARTS) is 1. The highest BCUT2D eigenvalue weighted by atomic mass is 16.4. The molecule has 13 heteroatoms. The number of guanidine groups is 1. The quantitative estimate of drug-likeness (QED) is 0.0829. The van der Waals surface area contributed by atoms with Crippen molar-refractivity contribution in [1.82, 2.24) is 10.6 Å². The van der Waals surface area contributed by atoms with Crippen LogP contribution in [0.1, 0.15) is 31.2 Å². The first kappa shape index (κ1) is 27.2. The number of hydrogen-bond acceptors (Lipinski definition) is 7. The number of rotatable bonds is 14. The highest BCUT2D eigenvalue weighted by Gasteiger charge is 2.28. The number of carbonyl (C=O) groups is 4. The minimum atomic E-state index is -1.37. The van der Waals surface area contributed by atoms with Gasteiger partial charge in [0.25, 0.3) is 0 Å². The van der Waals surface area contributed by atoms with E-state index in [1.165, 1.54) is 12.1 Å². The molecule has 182 valence electrons. The van der Waals surface area contributed by atoms with E-state index in [0.717, 1.165) is 0 Å². The Hall–Kier alpha value is -3.87. The van der Waals surface area contributed by atoms with E-state index in [4.69, 9.17) is 22.9 Å². The molecule has 0 fully saturated rings. The number of aromatic hydroxyl groups is 1. The molecule has 1 aromatic rings. The third-order valence-electron chi connectivity index (χ3n) is 4.60. The summed E-state index contributed by atoms with van der Waals surface area (Å²) in [6.07, 6.45) is 0.109. The van der Waals surface area contributed by atoms with E-state index in [0.29, 0.717) is 12.0 Å². The van der Waals surface area contributed by atoms with Gasteiger partial charge in [-0.25, -0.2) is 4.79 Å². The second-order valence-corrected chi connectivity index (χ2v) is 7.39. The van der Waals surface area contributed by atoms with Gasteiger partial charge < -0.3 is 43.8 Å². The minimum absolute atomic E-state index is 0.0682. The number of phenolic OH excluding ortho intramolecular Hbond substituents is 1. The van der Waals surface area contributed by atoms with E-state index in [9.17, 15) is 29.4 Å². The van der Waals surface area contributed by atoms with Gasteiger partial charge >= 0.3 is 5.97 Å². The van der Waals surface area contributed by atoms with E-state index >= 15 is 0 Å². The van der Waals surface area contributed by atoms with Gasteiger partial charge in [0.2, 0.25) is 17.7 Å². The average Bonchev–Trinajstić information content (AvgIpc) is 2.73. The van der Waals surface area contributed by atoms with Crippen molar-refractivity contribution in [3.05, 3.63) is 29.8 Å². The lowest BCUT2D eigenvalue weighted by atomic mass is 10.0. The molecule has 1 aromatic carbocycles. The second kappa shape index (κ2) is 13.5. The number of aliphatic carboxylic acids is 1. The van der Waals surface area contributed by atoms with E-state index in [-0.39, 0.29) is 43.9 Å². The molecule has 1 rings (SSSR count). The maximum atomic E-state index is 12.7. The zero-order valence-corrected chi connectivity index (χ0v) is 18.1. The SMILES string of the molecule is NC(=O)CCC(NC(=O)C(CCCN=C(N)N)NC(=O)C(N)Cc1ccc(O)cc1)C(=O)O. The number of amides is 3. The summed E-state index contributed by atoms with van der Waals surface area (Å²) in [6.45, 7) is 0.186. The normalized spacial score (nSPS) is 13.2. The molecular formula is C20H31N7O6. The lowest BCUT2D eigenvalue weighted by molar-refractivity contribution is -0.142. The van der Waals surface area contributed by atoms with Gasteiger partial charge in [-0.2, -0.15) is 0 Å². The molecule has 3 amide bonds. The summed E-state index contributed by atoms with van der Waals surface area (Å²) >= 11 is 0. The number of hydrogen-bond donors (Lipinski definition) is 8. The summed E-state index contributed by atoms with van der Waals surface area (Å²) in [5, 5.41) is 23.5. The lowest BCUT2D eigenvalue weighted by Gasteiger charge is -2.23. The molecule has 33 heavy (non-hydrogen) atoms. The van der Waals surface area contributed by atoms with Crippen LogP contribution < -0.4 is 33.6 Å². The van der Waals surface area contributed by atoms with Gasteiger partial charge in [0.15, 0.2) is 5.96 Å². The maximum Gasteiger partial charge on any atom is 0.326 e. The number of benzene rings is 1. The van der Waals surface area contributed by atoms with Crippen LogP contribution in [0.25, 0.3) is 0 Å². The summed E-state index contributed by atoms with van der Waals surface area (Å²) in [5.41, 5.74) is 22.2. The van der Waals surface area contributed by atoms with E-state index in [1.807, 2.05) is 0 Å². The molecule has 3 atom stereocenters. The number of nitrogens with two attached hydrogens (primary N) is 4. The van der Waals surface area contributed by atoms with Crippen LogP contribution in [0, 0.1) is 0 Å². The Morgan fingerprint density at radius 2 is 1.55 bits per heavy atom. The topological polar surface area (TPSA) is 249 Å². The van der Waals surface area contributed by atoms with Crippen LogP contribution >= 0.6 is 0 Å². The van der Waals surface area contributed by atoms with Crippen LogP contribution in [0.15, 0.2) is 29.3 Å². The van der Waals surface area contributed by atoms with Crippen molar-refractivity contribution in [1.29, 1.82) is 0 Å². The number of nitrogens with zero attached hydrogens (tertiary/aromatic N) is 1. The van der Waals surface area contributed by atoms with Gasteiger partial charge in [-0.05, 0) is 43.4 Å². The first-order valence-corrected chi connectivity index (χ1v) is 10.2. The first-order chi connectivity index (χ1) is 15.5. The summed E-state index contributed by atoms with van der Waals surface area (Å²) < 4.78 is 0. The predicted molar refractivity (Wildman–Crippen MR) is 120 cm³/mol.